The first-order valence-electron chi connectivity index (χ1n) is 14.7. The first-order chi connectivity index (χ1) is 22.0. The summed E-state index contributed by atoms with van der Waals surface area (Å²) in [6, 6.07) is 9.05. The number of carbonyl (C=O) groups is 1. The minimum atomic E-state index is -0.838. The van der Waals surface area contributed by atoms with Crippen LogP contribution in [-0.4, -0.2) is 114 Å². The fourth-order valence-corrected chi connectivity index (χ4v) is 4.83. The van der Waals surface area contributed by atoms with Crippen LogP contribution in [0, 0.1) is 12.3 Å². The number of ether oxygens (including phenoxy) is 5. The van der Waals surface area contributed by atoms with Crippen LogP contribution in [0.5, 0.6) is 0 Å². The Kier molecular flexibility index (Phi) is 14.2. The normalized spacial score (nSPS) is 18.6. The maximum absolute atomic E-state index is 12.9. The zero-order valence-electron chi connectivity index (χ0n) is 24.8. The molecule has 4 atom stereocenters. The summed E-state index contributed by atoms with van der Waals surface area (Å²) >= 11 is 6.30. The van der Waals surface area contributed by atoms with Gasteiger partial charge in [0.2, 0.25) is 11.2 Å². The second kappa shape index (κ2) is 18.5. The molecule has 0 radical (unpaired) electrons. The van der Waals surface area contributed by atoms with Gasteiger partial charge in [-0.15, -0.1) is 6.42 Å². The zero-order chi connectivity index (χ0) is 31.9. The van der Waals surface area contributed by atoms with E-state index in [0.717, 1.165) is 5.56 Å². The molecule has 1 aromatic carbocycles. The van der Waals surface area contributed by atoms with Crippen molar-refractivity contribution >= 4 is 34.4 Å². The summed E-state index contributed by atoms with van der Waals surface area (Å²) in [7, 11) is 0. The number of nitrogens with zero attached hydrogens (tertiary/aromatic N) is 4. The number of aliphatic hydroxyl groups is 2. The number of aromatic nitrogens is 4. The Hall–Kier alpha value is -3.39. The van der Waals surface area contributed by atoms with Gasteiger partial charge in [0.05, 0.1) is 83.0 Å². The van der Waals surface area contributed by atoms with Crippen LogP contribution in [0.15, 0.2) is 36.5 Å². The molecule has 3 aromatic rings. The van der Waals surface area contributed by atoms with Gasteiger partial charge in [-0.2, -0.15) is 15.1 Å². The van der Waals surface area contributed by atoms with Crippen LogP contribution in [0.1, 0.15) is 30.7 Å². The average molecular weight is 647 g/mol. The quantitative estimate of drug-likeness (QED) is 0.0793. The van der Waals surface area contributed by atoms with E-state index in [1.807, 2.05) is 30.3 Å². The zero-order valence-corrected chi connectivity index (χ0v) is 25.6. The topological polar surface area (TPSA) is 171 Å². The number of benzene rings is 1. The number of rotatable bonds is 20. The molecule has 4 N–H and O–H groups in total. The van der Waals surface area contributed by atoms with Crippen molar-refractivity contribution in [3.05, 3.63) is 47.4 Å². The van der Waals surface area contributed by atoms with Crippen molar-refractivity contribution in [2.75, 3.05) is 71.3 Å². The molecule has 14 nitrogen and oxygen atoms in total. The number of halogens is 1. The molecule has 1 amide bonds. The summed E-state index contributed by atoms with van der Waals surface area (Å²) < 4.78 is 28.7. The molecule has 1 saturated heterocycles. The first-order valence-corrected chi connectivity index (χ1v) is 15.1. The minimum Gasteiger partial charge on any atom is -0.394 e. The molecule has 2 aromatic heterocycles. The summed E-state index contributed by atoms with van der Waals surface area (Å²) in [4.78, 5) is 21.6. The number of anilines is 1. The van der Waals surface area contributed by atoms with Crippen molar-refractivity contribution in [1.29, 1.82) is 0 Å². The predicted molar refractivity (Wildman–Crippen MR) is 164 cm³/mol. The molecule has 4 rings (SSSR count). The molecular formula is C30H39ClN6O8. The highest BCUT2D eigenvalue weighted by Gasteiger charge is 2.36. The van der Waals surface area contributed by atoms with E-state index in [1.54, 1.807) is 6.20 Å². The van der Waals surface area contributed by atoms with E-state index >= 15 is 0 Å². The Labute approximate surface area is 266 Å². The van der Waals surface area contributed by atoms with E-state index in [-0.39, 0.29) is 37.2 Å². The molecular weight excluding hydrogens is 608 g/mol. The van der Waals surface area contributed by atoms with Gasteiger partial charge in [-0.05, 0) is 17.2 Å². The molecule has 15 heteroatoms. The first kappa shape index (κ1) is 34.5. The lowest BCUT2D eigenvalue weighted by molar-refractivity contribution is -0.121. The lowest BCUT2D eigenvalue weighted by Gasteiger charge is -2.20. The summed E-state index contributed by atoms with van der Waals surface area (Å²) in [6.07, 6.45) is 4.82. The van der Waals surface area contributed by atoms with Crippen molar-refractivity contribution in [3.8, 4) is 12.3 Å². The molecule has 1 fully saturated rings. The fraction of sp³-hybridized carbons (Fsp3) is 0.533. The molecule has 1 aliphatic rings. The summed E-state index contributed by atoms with van der Waals surface area (Å²) in [5, 5.41) is 30.8. The smallest absolute Gasteiger partial charge is 0.226 e. The molecule has 0 aliphatic carbocycles. The van der Waals surface area contributed by atoms with Gasteiger partial charge >= 0.3 is 0 Å². The lowest BCUT2D eigenvalue weighted by atomic mass is 10.0. The van der Waals surface area contributed by atoms with Crippen molar-refractivity contribution < 1.29 is 38.7 Å². The van der Waals surface area contributed by atoms with Gasteiger partial charge in [0, 0.05) is 13.0 Å². The van der Waals surface area contributed by atoms with Crippen LogP contribution in [-0.2, 0) is 28.5 Å². The van der Waals surface area contributed by atoms with Crippen LogP contribution >= 0.6 is 11.6 Å². The van der Waals surface area contributed by atoms with E-state index in [0.29, 0.717) is 69.6 Å². The summed E-state index contributed by atoms with van der Waals surface area (Å²) in [5.74, 6) is 2.59. The number of hydrogen-bond acceptors (Lipinski definition) is 12. The number of nitrogens with one attached hydrogen (secondary N) is 2. The number of hydrogen-bond donors (Lipinski definition) is 4. The summed E-state index contributed by atoms with van der Waals surface area (Å²) in [5.41, 5.74) is 1.26. The van der Waals surface area contributed by atoms with Gasteiger partial charge in [-0.1, -0.05) is 36.3 Å². The van der Waals surface area contributed by atoms with Gasteiger partial charge in [-0.3, -0.25) is 4.79 Å². The standard InChI is InChI=1S/C30H39ClN6O8/c1-2-9-41-11-13-43-15-16-44-14-12-42-10-8-32-26(40)17-23(21-6-4-3-5-7-21)34-28-22-19-33-37(29(22)36-30(31)35-28)27-18-24(39)25(20-38)45-27/h1,3-7,19,23-25,27,38-39H,8-18,20H2,(H,32,40)(H,34,35,36)/t23-,24+,25-,27-/m1/s1. The largest absolute Gasteiger partial charge is 0.394 e. The Morgan fingerprint density at radius 1 is 1.09 bits per heavy atom. The van der Waals surface area contributed by atoms with Gasteiger partial charge in [0.25, 0.3) is 0 Å². The predicted octanol–water partition coefficient (Wildman–Crippen LogP) is 1.48. The number of fused-ring (bicyclic) bond motifs is 1. The molecule has 45 heavy (non-hydrogen) atoms. The van der Waals surface area contributed by atoms with E-state index in [4.69, 9.17) is 41.7 Å². The molecule has 0 unspecified atom stereocenters. The number of aliphatic hydroxyl groups excluding tert-OH is 2. The summed E-state index contributed by atoms with van der Waals surface area (Å²) in [6.45, 7) is 3.21. The van der Waals surface area contributed by atoms with Crippen LogP contribution in [0.4, 0.5) is 5.82 Å². The fourth-order valence-electron chi connectivity index (χ4n) is 4.66. The number of amides is 1. The van der Waals surface area contributed by atoms with Gasteiger partial charge < -0.3 is 44.5 Å². The lowest BCUT2D eigenvalue weighted by Crippen LogP contribution is -2.30. The van der Waals surface area contributed by atoms with Crippen LogP contribution in [0.3, 0.4) is 0 Å². The van der Waals surface area contributed by atoms with Crippen molar-refractivity contribution in [1.82, 2.24) is 25.1 Å². The average Bonchev–Trinajstić information content (AvgIpc) is 3.64. The van der Waals surface area contributed by atoms with Gasteiger partial charge in [0.1, 0.15) is 18.5 Å². The van der Waals surface area contributed by atoms with Crippen LogP contribution in [0.25, 0.3) is 11.0 Å². The highest BCUT2D eigenvalue weighted by molar-refractivity contribution is 6.28. The highest BCUT2D eigenvalue weighted by atomic mass is 35.5. The number of carbonyl (C=O) groups excluding carboxylic acids is 1. The van der Waals surface area contributed by atoms with Gasteiger partial charge in [0.15, 0.2) is 11.9 Å². The number of terminal acetylenes is 1. The molecule has 0 spiro atoms. The molecule has 0 bridgehead atoms. The van der Waals surface area contributed by atoms with E-state index in [2.05, 4.69) is 31.6 Å². The minimum absolute atomic E-state index is 0.0281. The Bertz CT molecular complexity index is 1370. The molecule has 0 saturated carbocycles. The maximum Gasteiger partial charge on any atom is 0.226 e. The Balaban J connectivity index is 1.26. The monoisotopic (exact) mass is 646 g/mol. The Morgan fingerprint density at radius 2 is 1.78 bits per heavy atom. The Morgan fingerprint density at radius 3 is 2.44 bits per heavy atom. The highest BCUT2D eigenvalue weighted by Crippen LogP contribution is 2.33. The third-order valence-corrected chi connectivity index (χ3v) is 7.02. The van der Waals surface area contributed by atoms with Gasteiger partial charge in [-0.25, -0.2) is 4.68 Å². The second-order valence-corrected chi connectivity index (χ2v) is 10.4. The van der Waals surface area contributed by atoms with E-state index < -0.39 is 24.5 Å². The SMILES string of the molecule is C#CCOCCOCCOCCOCCNC(=O)C[C@@H](Nc1nc(Cl)nc2c1cnn2[C@H]1C[C@H](O)[C@@H](CO)O1)c1ccccc1. The molecule has 244 valence electrons. The van der Waals surface area contributed by atoms with Crippen molar-refractivity contribution in [2.45, 2.75) is 37.3 Å². The van der Waals surface area contributed by atoms with Crippen LogP contribution in [0.2, 0.25) is 5.28 Å². The van der Waals surface area contributed by atoms with Crippen molar-refractivity contribution in [2.24, 2.45) is 0 Å². The van der Waals surface area contributed by atoms with E-state index in [9.17, 15) is 15.0 Å². The third-order valence-electron chi connectivity index (χ3n) is 6.86. The molecule has 1 aliphatic heterocycles. The molecule has 3 heterocycles. The van der Waals surface area contributed by atoms with Crippen LogP contribution < -0.4 is 10.6 Å². The second-order valence-electron chi connectivity index (χ2n) is 10.0. The third kappa shape index (κ3) is 10.6. The maximum atomic E-state index is 12.9. The van der Waals surface area contributed by atoms with Crippen molar-refractivity contribution in [3.63, 3.8) is 0 Å². The van der Waals surface area contributed by atoms with E-state index in [1.165, 1.54) is 4.68 Å².